The highest BCUT2D eigenvalue weighted by molar-refractivity contribution is 7.91. The Balaban J connectivity index is 0.00000200. The largest absolute Gasteiger partial charge is 0.340 e. The van der Waals surface area contributed by atoms with E-state index in [1.165, 1.54) is 6.07 Å². The van der Waals surface area contributed by atoms with Gasteiger partial charge in [0.1, 0.15) is 4.21 Å². The summed E-state index contributed by atoms with van der Waals surface area (Å²) in [5.74, 6) is -0.227. The number of hydrogen-bond acceptors (Lipinski definition) is 5. The SMILES string of the molecule is Cl.NC1CCCN(C(=O)CNS(=O)(=O)c2cccs2)C1. The second kappa shape index (κ2) is 7.37. The number of likely N-dealkylation sites (tertiary alicyclic amines) is 1. The number of halogens is 1. The van der Waals surface area contributed by atoms with Crippen molar-refractivity contribution in [3.63, 3.8) is 0 Å². The molecule has 0 aliphatic carbocycles. The van der Waals surface area contributed by atoms with Crippen molar-refractivity contribution in [1.82, 2.24) is 9.62 Å². The smallest absolute Gasteiger partial charge is 0.250 e. The Bertz CT molecular complexity index is 533. The zero-order valence-electron chi connectivity index (χ0n) is 10.8. The molecular formula is C11H18ClN3O3S2. The number of nitrogens with two attached hydrogens (primary N) is 1. The van der Waals surface area contributed by atoms with Crippen molar-refractivity contribution < 1.29 is 13.2 Å². The van der Waals surface area contributed by atoms with Crippen LogP contribution < -0.4 is 10.5 Å². The molecule has 1 amide bonds. The molecule has 20 heavy (non-hydrogen) atoms. The van der Waals surface area contributed by atoms with E-state index in [4.69, 9.17) is 5.73 Å². The Morgan fingerprint density at radius 2 is 2.30 bits per heavy atom. The molecule has 0 radical (unpaired) electrons. The number of hydrogen-bond donors (Lipinski definition) is 2. The number of carbonyl (C=O) groups excluding carboxylic acids is 1. The number of thiophene rings is 1. The van der Waals surface area contributed by atoms with E-state index in [0.29, 0.717) is 13.1 Å². The number of piperidine rings is 1. The molecule has 9 heteroatoms. The summed E-state index contributed by atoms with van der Waals surface area (Å²) >= 11 is 1.12. The maximum atomic E-state index is 11.9. The summed E-state index contributed by atoms with van der Waals surface area (Å²) in [5, 5.41) is 1.68. The van der Waals surface area contributed by atoms with Gasteiger partial charge in [0.2, 0.25) is 5.91 Å². The average Bonchev–Trinajstić information content (AvgIpc) is 2.90. The van der Waals surface area contributed by atoms with Crippen molar-refractivity contribution in [1.29, 1.82) is 0 Å². The van der Waals surface area contributed by atoms with Crippen molar-refractivity contribution >= 4 is 39.7 Å². The molecule has 0 saturated carbocycles. The summed E-state index contributed by atoms with van der Waals surface area (Å²) in [6.07, 6.45) is 1.77. The predicted octanol–water partition coefficient (Wildman–Crippen LogP) is 0.398. The van der Waals surface area contributed by atoms with Crippen LogP contribution in [0.5, 0.6) is 0 Å². The first-order valence-electron chi connectivity index (χ1n) is 6.05. The summed E-state index contributed by atoms with van der Waals surface area (Å²) in [4.78, 5) is 13.5. The zero-order valence-corrected chi connectivity index (χ0v) is 13.3. The van der Waals surface area contributed by atoms with Gasteiger partial charge in [0.05, 0.1) is 6.54 Å². The van der Waals surface area contributed by atoms with Crippen LogP contribution in [0.4, 0.5) is 0 Å². The quantitative estimate of drug-likeness (QED) is 0.830. The highest BCUT2D eigenvalue weighted by atomic mass is 35.5. The van der Waals surface area contributed by atoms with E-state index >= 15 is 0 Å². The molecule has 6 nitrogen and oxygen atoms in total. The Morgan fingerprint density at radius 3 is 2.90 bits per heavy atom. The topological polar surface area (TPSA) is 92.5 Å². The predicted molar refractivity (Wildman–Crippen MR) is 80.5 cm³/mol. The first kappa shape index (κ1) is 17.4. The Morgan fingerprint density at radius 1 is 1.55 bits per heavy atom. The fourth-order valence-electron chi connectivity index (χ4n) is 1.99. The van der Waals surface area contributed by atoms with Gasteiger partial charge in [-0.1, -0.05) is 6.07 Å². The summed E-state index contributed by atoms with van der Waals surface area (Å²) in [7, 11) is -3.57. The molecule has 3 N–H and O–H groups in total. The van der Waals surface area contributed by atoms with Crippen LogP contribution >= 0.6 is 23.7 Å². The lowest BCUT2D eigenvalue weighted by molar-refractivity contribution is -0.131. The minimum absolute atomic E-state index is 0. The second-order valence-electron chi connectivity index (χ2n) is 4.50. The lowest BCUT2D eigenvalue weighted by Gasteiger charge is -2.30. The number of nitrogens with one attached hydrogen (secondary N) is 1. The maximum Gasteiger partial charge on any atom is 0.250 e. The second-order valence-corrected chi connectivity index (χ2v) is 7.44. The van der Waals surface area contributed by atoms with Crippen LogP contribution in [0.2, 0.25) is 0 Å². The molecule has 1 fully saturated rings. The minimum Gasteiger partial charge on any atom is -0.340 e. The lowest BCUT2D eigenvalue weighted by atomic mass is 10.1. The van der Waals surface area contributed by atoms with Gasteiger partial charge in [0, 0.05) is 19.1 Å². The van der Waals surface area contributed by atoms with Gasteiger partial charge in [0.25, 0.3) is 10.0 Å². The van der Waals surface area contributed by atoms with Gasteiger partial charge >= 0.3 is 0 Å². The standard InChI is InChI=1S/C11H17N3O3S2.ClH/c12-9-3-1-5-14(8-9)10(15)7-13-19(16,17)11-4-2-6-18-11;/h2,4,6,9,13H,1,3,5,7-8,12H2;1H. The Labute approximate surface area is 128 Å². The van der Waals surface area contributed by atoms with Crippen LogP contribution in [-0.4, -0.2) is 44.9 Å². The van der Waals surface area contributed by atoms with Crippen LogP contribution in [0.15, 0.2) is 21.7 Å². The molecule has 0 bridgehead atoms. The first-order chi connectivity index (χ1) is 8.99. The third-order valence-corrected chi connectivity index (χ3v) is 5.78. The van der Waals surface area contributed by atoms with Crippen molar-refractivity contribution in [2.75, 3.05) is 19.6 Å². The van der Waals surface area contributed by atoms with E-state index in [1.54, 1.807) is 16.3 Å². The van der Waals surface area contributed by atoms with Crippen LogP contribution in [-0.2, 0) is 14.8 Å². The molecule has 1 aliphatic heterocycles. The molecule has 114 valence electrons. The van der Waals surface area contributed by atoms with E-state index in [9.17, 15) is 13.2 Å². The number of sulfonamides is 1. The van der Waals surface area contributed by atoms with Gasteiger partial charge in [-0.25, -0.2) is 13.1 Å². The molecule has 2 heterocycles. The number of carbonyl (C=O) groups is 1. The number of amides is 1. The lowest BCUT2D eigenvalue weighted by Crippen LogP contribution is -2.48. The highest BCUT2D eigenvalue weighted by Gasteiger charge is 2.23. The van der Waals surface area contributed by atoms with Gasteiger partial charge in [-0.2, -0.15) is 0 Å². The molecule has 0 spiro atoms. The highest BCUT2D eigenvalue weighted by Crippen LogP contribution is 2.15. The molecule has 1 aromatic rings. The van der Waals surface area contributed by atoms with Crippen LogP contribution in [0.1, 0.15) is 12.8 Å². The molecule has 0 aromatic carbocycles. The third-order valence-electron chi connectivity index (χ3n) is 2.98. The summed E-state index contributed by atoms with van der Waals surface area (Å²) in [5.41, 5.74) is 5.79. The van der Waals surface area contributed by atoms with Crippen LogP contribution in [0.3, 0.4) is 0 Å². The van der Waals surface area contributed by atoms with Gasteiger partial charge < -0.3 is 10.6 Å². The fourth-order valence-corrected chi connectivity index (χ4v) is 4.00. The third kappa shape index (κ3) is 4.42. The van der Waals surface area contributed by atoms with Gasteiger partial charge in [-0.05, 0) is 24.3 Å². The monoisotopic (exact) mass is 339 g/mol. The molecular weight excluding hydrogens is 322 g/mol. The average molecular weight is 340 g/mol. The van der Waals surface area contributed by atoms with Crippen molar-refractivity contribution in [2.24, 2.45) is 5.73 Å². The summed E-state index contributed by atoms with van der Waals surface area (Å²) in [6, 6.07) is 3.16. The summed E-state index contributed by atoms with van der Waals surface area (Å²) < 4.78 is 26.2. The minimum atomic E-state index is -3.57. The molecule has 1 saturated heterocycles. The molecule has 1 aliphatic rings. The van der Waals surface area contributed by atoms with Gasteiger partial charge in [-0.15, -0.1) is 23.7 Å². The van der Waals surface area contributed by atoms with E-state index in [1.807, 2.05) is 0 Å². The fraction of sp³-hybridized carbons (Fsp3) is 0.545. The van der Waals surface area contributed by atoms with Crippen molar-refractivity contribution in [2.45, 2.75) is 23.1 Å². The van der Waals surface area contributed by atoms with Crippen molar-refractivity contribution in [3.8, 4) is 0 Å². The van der Waals surface area contributed by atoms with E-state index in [0.717, 1.165) is 24.2 Å². The number of nitrogens with zero attached hydrogens (tertiary/aromatic N) is 1. The van der Waals surface area contributed by atoms with E-state index in [2.05, 4.69) is 4.72 Å². The van der Waals surface area contributed by atoms with Crippen LogP contribution in [0.25, 0.3) is 0 Å². The molecule has 1 aromatic heterocycles. The Kier molecular flexibility index (Phi) is 6.41. The summed E-state index contributed by atoms with van der Waals surface area (Å²) in [6.45, 7) is 0.930. The normalized spacial score (nSPS) is 19.4. The van der Waals surface area contributed by atoms with Crippen molar-refractivity contribution in [3.05, 3.63) is 17.5 Å². The molecule has 1 atom stereocenters. The van der Waals surface area contributed by atoms with Crippen LogP contribution in [0, 0.1) is 0 Å². The molecule has 2 rings (SSSR count). The van der Waals surface area contributed by atoms with Gasteiger partial charge in [0.15, 0.2) is 0 Å². The zero-order chi connectivity index (χ0) is 13.9. The first-order valence-corrected chi connectivity index (χ1v) is 8.42. The maximum absolute atomic E-state index is 11.9. The van der Waals surface area contributed by atoms with E-state index < -0.39 is 10.0 Å². The molecule has 1 unspecified atom stereocenters. The van der Waals surface area contributed by atoms with E-state index in [-0.39, 0.29) is 35.1 Å². The van der Waals surface area contributed by atoms with Gasteiger partial charge in [-0.3, -0.25) is 4.79 Å². The Hall–Kier alpha value is -0.670. The number of rotatable bonds is 4.